The minimum Gasteiger partial charge on any atom is -0.462 e. The van der Waals surface area contributed by atoms with E-state index in [4.69, 9.17) is 9.47 Å². The van der Waals surface area contributed by atoms with E-state index in [0.29, 0.717) is 30.8 Å². The Hall–Kier alpha value is -1.32. The van der Waals surface area contributed by atoms with E-state index in [1.54, 1.807) is 0 Å². The lowest BCUT2D eigenvalue weighted by molar-refractivity contribution is -0.143. The normalized spacial score (nSPS) is 16.1. The molecule has 0 unspecified atom stereocenters. The Morgan fingerprint density at radius 3 is 1.96 bits per heavy atom. The van der Waals surface area contributed by atoms with Gasteiger partial charge in [0.15, 0.2) is 0 Å². The Kier molecular flexibility index (Phi) is 9.65. The lowest BCUT2D eigenvalue weighted by atomic mass is 9.90. The predicted molar refractivity (Wildman–Crippen MR) is 91.0 cm³/mol. The van der Waals surface area contributed by atoms with Crippen LogP contribution in [-0.2, 0) is 19.1 Å². The fraction of sp³-hybridized carbons (Fsp3) is 0.789. The SMILES string of the molecule is CCCCC(C(=O)OCCC)=C(C(=O)OCCC)C1CCCC1. The monoisotopic (exact) mass is 324 g/mol. The van der Waals surface area contributed by atoms with Gasteiger partial charge in [0.05, 0.1) is 18.8 Å². The molecule has 1 rings (SSSR count). The molecule has 0 saturated heterocycles. The second kappa shape index (κ2) is 11.3. The first kappa shape index (κ1) is 19.7. The van der Waals surface area contributed by atoms with Crippen LogP contribution in [0.5, 0.6) is 0 Å². The summed E-state index contributed by atoms with van der Waals surface area (Å²) in [7, 11) is 0. The van der Waals surface area contributed by atoms with Gasteiger partial charge in [-0.15, -0.1) is 0 Å². The van der Waals surface area contributed by atoms with Gasteiger partial charge in [-0.25, -0.2) is 9.59 Å². The largest absolute Gasteiger partial charge is 0.462 e. The lowest BCUT2D eigenvalue weighted by Crippen LogP contribution is -2.22. The third-order valence-corrected chi connectivity index (χ3v) is 4.21. The Morgan fingerprint density at radius 1 is 0.870 bits per heavy atom. The standard InChI is InChI=1S/C19H32O4/c1-4-7-12-16(18(20)22-13-5-2)17(15-10-8-9-11-15)19(21)23-14-6-3/h15H,4-14H2,1-3H3. The first-order valence-electron chi connectivity index (χ1n) is 9.22. The van der Waals surface area contributed by atoms with E-state index in [0.717, 1.165) is 51.4 Å². The van der Waals surface area contributed by atoms with Gasteiger partial charge in [0, 0.05) is 5.57 Å². The van der Waals surface area contributed by atoms with E-state index in [1.165, 1.54) is 0 Å². The van der Waals surface area contributed by atoms with Crippen LogP contribution >= 0.6 is 0 Å². The summed E-state index contributed by atoms with van der Waals surface area (Å²) in [5.74, 6) is -0.477. The van der Waals surface area contributed by atoms with Crippen molar-refractivity contribution in [2.45, 2.75) is 78.6 Å². The summed E-state index contributed by atoms with van der Waals surface area (Å²) in [5.41, 5.74) is 1.17. The molecule has 0 atom stereocenters. The summed E-state index contributed by atoms with van der Waals surface area (Å²) in [5, 5.41) is 0. The van der Waals surface area contributed by atoms with Gasteiger partial charge in [-0.3, -0.25) is 0 Å². The smallest absolute Gasteiger partial charge is 0.334 e. The predicted octanol–water partition coefficient (Wildman–Crippen LogP) is 4.57. The fourth-order valence-electron chi connectivity index (χ4n) is 3.01. The minimum absolute atomic E-state index is 0.153. The minimum atomic E-state index is -0.323. The number of ether oxygens (including phenoxy) is 2. The van der Waals surface area contributed by atoms with Crippen molar-refractivity contribution < 1.29 is 19.1 Å². The van der Waals surface area contributed by atoms with Gasteiger partial charge in [-0.1, -0.05) is 40.0 Å². The van der Waals surface area contributed by atoms with E-state index in [9.17, 15) is 9.59 Å². The molecule has 0 bridgehead atoms. The molecule has 0 N–H and O–H groups in total. The molecule has 1 fully saturated rings. The molecule has 1 aliphatic carbocycles. The average Bonchev–Trinajstić information content (AvgIpc) is 3.08. The molecule has 0 aromatic rings. The molecule has 4 nitrogen and oxygen atoms in total. The highest BCUT2D eigenvalue weighted by atomic mass is 16.5. The van der Waals surface area contributed by atoms with Crippen LogP contribution in [0.1, 0.15) is 78.6 Å². The molecular formula is C19H32O4. The molecule has 0 amide bonds. The van der Waals surface area contributed by atoms with Crippen molar-refractivity contribution in [2.24, 2.45) is 5.92 Å². The molecule has 0 spiro atoms. The number of rotatable bonds is 10. The maximum Gasteiger partial charge on any atom is 0.334 e. The number of carbonyl (C=O) groups excluding carboxylic acids is 2. The number of hydrogen-bond donors (Lipinski definition) is 0. The van der Waals surface area contributed by atoms with Gasteiger partial charge in [0.2, 0.25) is 0 Å². The molecule has 0 aliphatic heterocycles. The molecular weight excluding hydrogens is 292 g/mol. The maximum atomic E-state index is 12.6. The van der Waals surface area contributed by atoms with Gasteiger partial charge < -0.3 is 9.47 Å². The van der Waals surface area contributed by atoms with Crippen LogP contribution in [0.15, 0.2) is 11.1 Å². The zero-order valence-corrected chi connectivity index (χ0v) is 15.0. The number of esters is 2. The van der Waals surface area contributed by atoms with Crippen molar-refractivity contribution in [1.29, 1.82) is 0 Å². The zero-order valence-electron chi connectivity index (χ0n) is 15.0. The molecule has 0 aromatic heterocycles. The Bertz CT molecular complexity index is 406. The number of hydrogen-bond acceptors (Lipinski definition) is 4. The van der Waals surface area contributed by atoms with Gasteiger partial charge in [0.1, 0.15) is 0 Å². The highest BCUT2D eigenvalue weighted by Gasteiger charge is 2.31. The third kappa shape index (κ3) is 6.36. The van der Waals surface area contributed by atoms with Crippen LogP contribution in [0.2, 0.25) is 0 Å². The summed E-state index contributed by atoms with van der Waals surface area (Å²) < 4.78 is 10.7. The molecule has 4 heteroatoms. The van der Waals surface area contributed by atoms with Crippen LogP contribution in [-0.4, -0.2) is 25.2 Å². The topological polar surface area (TPSA) is 52.6 Å². The van der Waals surface area contributed by atoms with Gasteiger partial charge in [-0.2, -0.15) is 0 Å². The second-order valence-corrected chi connectivity index (χ2v) is 6.25. The Balaban J connectivity index is 3.09. The van der Waals surface area contributed by atoms with Crippen molar-refractivity contribution in [3.8, 4) is 0 Å². The quantitative estimate of drug-likeness (QED) is 0.436. The summed E-state index contributed by atoms with van der Waals surface area (Å²) in [6, 6.07) is 0. The van der Waals surface area contributed by atoms with E-state index >= 15 is 0 Å². The molecule has 0 heterocycles. The summed E-state index contributed by atoms with van der Waals surface area (Å²) in [6.07, 6.45) is 8.19. The van der Waals surface area contributed by atoms with E-state index in [2.05, 4.69) is 6.92 Å². The molecule has 1 saturated carbocycles. The summed E-state index contributed by atoms with van der Waals surface area (Å²) in [6.45, 7) is 6.83. The van der Waals surface area contributed by atoms with Crippen molar-refractivity contribution in [2.75, 3.05) is 13.2 Å². The van der Waals surface area contributed by atoms with Crippen LogP contribution in [0.3, 0.4) is 0 Å². The summed E-state index contributed by atoms with van der Waals surface area (Å²) in [4.78, 5) is 25.1. The molecule has 1 aliphatic rings. The van der Waals surface area contributed by atoms with Crippen LogP contribution in [0, 0.1) is 5.92 Å². The van der Waals surface area contributed by atoms with Gasteiger partial charge >= 0.3 is 11.9 Å². The first-order chi connectivity index (χ1) is 11.2. The molecule has 0 radical (unpaired) electrons. The van der Waals surface area contributed by atoms with Crippen LogP contribution in [0.4, 0.5) is 0 Å². The van der Waals surface area contributed by atoms with Crippen molar-refractivity contribution in [1.82, 2.24) is 0 Å². The molecule has 0 aromatic carbocycles. The number of unbranched alkanes of at least 4 members (excludes halogenated alkanes) is 1. The highest BCUT2D eigenvalue weighted by Crippen LogP contribution is 2.35. The second-order valence-electron chi connectivity index (χ2n) is 6.25. The third-order valence-electron chi connectivity index (χ3n) is 4.21. The molecule has 132 valence electrons. The maximum absolute atomic E-state index is 12.6. The van der Waals surface area contributed by atoms with E-state index < -0.39 is 0 Å². The highest BCUT2D eigenvalue weighted by molar-refractivity contribution is 6.00. The van der Waals surface area contributed by atoms with Crippen molar-refractivity contribution >= 4 is 11.9 Å². The van der Waals surface area contributed by atoms with E-state index in [1.807, 2.05) is 13.8 Å². The number of carbonyl (C=O) groups is 2. The van der Waals surface area contributed by atoms with Crippen LogP contribution in [0.25, 0.3) is 0 Å². The van der Waals surface area contributed by atoms with Gasteiger partial charge in [0.25, 0.3) is 0 Å². The summed E-state index contributed by atoms with van der Waals surface area (Å²) >= 11 is 0. The Morgan fingerprint density at radius 2 is 1.43 bits per heavy atom. The van der Waals surface area contributed by atoms with Crippen LogP contribution < -0.4 is 0 Å². The van der Waals surface area contributed by atoms with Gasteiger partial charge in [-0.05, 0) is 44.4 Å². The Labute approximate surface area is 140 Å². The average molecular weight is 324 g/mol. The first-order valence-corrected chi connectivity index (χ1v) is 9.22. The fourth-order valence-corrected chi connectivity index (χ4v) is 3.01. The lowest BCUT2D eigenvalue weighted by Gasteiger charge is -2.19. The van der Waals surface area contributed by atoms with E-state index in [-0.39, 0.29) is 17.9 Å². The zero-order chi connectivity index (χ0) is 17.1. The molecule has 23 heavy (non-hydrogen) atoms. The van der Waals surface area contributed by atoms with Crippen molar-refractivity contribution in [3.05, 3.63) is 11.1 Å². The van der Waals surface area contributed by atoms with Crippen molar-refractivity contribution in [3.63, 3.8) is 0 Å².